The van der Waals surface area contributed by atoms with Gasteiger partial charge < -0.3 is 5.11 Å². The Morgan fingerprint density at radius 1 is 1.36 bits per heavy atom. The number of allylic oxidation sites excluding steroid dienone is 2. The van der Waals surface area contributed by atoms with Crippen molar-refractivity contribution in [3.05, 3.63) is 11.8 Å². The second kappa shape index (κ2) is 4.42. The molecular weight excluding hydrogens is 136 g/mol. The summed E-state index contributed by atoms with van der Waals surface area (Å²) < 4.78 is 0. The number of aliphatic hydroxyl groups excluding tert-OH is 1. The Bertz CT molecular complexity index is 128. The molecule has 0 amide bonds. The fraction of sp³-hybridized carbons (Fsp3) is 0.800. The highest BCUT2D eigenvalue weighted by atomic mass is 16.3. The Balaban J connectivity index is 2.19. The first kappa shape index (κ1) is 8.63. The van der Waals surface area contributed by atoms with Crippen LogP contribution >= 0.6 is 0 Å². The Labute approximate surface area is 69.1 Å². The van der Waals surface area contributed by atoms with Crippen molar-refractivity contribution in [1.29, 1.82) is 0 Å². The van der Waals surface area contributed by atoms with Gasteiger partial charge in [0.1, 0.15) is 0 Å². The van der Waals surface area contributed by atoms with Crippen LogP contribution in [0.3, 0.4) is 0 Å². The molecule has 0 aromatic carbocycles. The molecule has 0 saturated heterocycles. The molecule has 1 nitrogen and oxygen atoms in total. The highest BCUT2D eigenvalue weighted by molar-refractivity contribution is 4.88. The minimum atomic E-state index is 0.482. The fourth-order valence-electron chi connectivity index (χ4n) is 1.76. The van der Waals surface area contributed by atoms with Gasteiger partial charge in [-0.15, -0.1) is 0 Å². The highest BCUT2D eigenvalue weighted by Crippen LogP contribution is 2.26. The zero-order valence-electron chi connectivity index (χ0n) is 7.34. The molecule has 0 unspecified atom stereocenters. The van der Waals surface area contributed by atoms with Crippen LogP contribution in [0.2, 0.25) is 0 Å². The van der Waals surface area contributed by atoms with Gasteiger partial charge >= 0.3 is 0 Å². The number of rotatable bonds is 2. The number of aliphatic hydroxyl groups is 1. The van der Waals surface area contributed by atoms with Crippen LogP contribution in [0.15, 0.2) is 11.8 Å². The van der Waals surface area contributed by atoms with Crippen molar-refractivity contribution in [2.75, 3.05) is 0 Å². The first-order valence-electron chi connectivity index (χ1n) is 4.65. The van der Waals surface area contributed by atoms with Crippen molar-refractivity contribution in [2.45, 2.75) is 45.4 Å². The predicted octanol–water partition coefficient (Wildman–Crippen LogP) is 3.42. The molecule has 1 rings (SSSR count). The lowest BCUT2D eigenvalue weighted by Crippen LogP contribution is -2.04. The third kappa shape index (κ3) is 3.45. The highest BCUT2D eigenvalue weighted by Gasteiger charge is 2.11. The second-order valence-electron chi connectivity index (χ2n) is 3.59. The maximum absolute atomic E-state index is 8.94. The predicted molar refractivity (Wildman–Crippen MR) is 47.6 cm³/mol. The maximum atomic E-state index is 8.94. The zero-order valence-corrected chi connectivity index (χ0v) is 7.34. The normalized spacial score (nSPS) is 22.1. The van der Waals surface area contributed by atoms with Crippen molar-refractivity contribution < 1.29 is 5.11 Å². The van der Waals surface area contributed by atoms with E-state index in [1.807, 2.05) is 6.08 Å². The molecule has 0 aliphatic heterocycles. The first-order valence-corrected chi connectivity index (χ1v) is 4.65. The van der Waals surface area contributed by atoms with Gasteiger partial charge in [0.25, 0.3) is 0 Å². The van der Waals surface area contributed by atoms with E-state index in [4.69, 9.17) is 5.11 Å². The quantitative estimate of drug-likeness (QED) is 0.604. The Hall–Kier alpha value is -0.460. The lowest BCUT2D eigenvalue weighted by molar-refractivity contribution is 0.352. The minimum absolute atomic E-state index is 0.482. The van der Waals surface area contributed by atoms with Crippen LogP contribution in [0.4, 0.5) is 0 Å². The van der Waals surface area contributed by atoms with Gasteiger partial charge in [-0.1, -0.05) is 32.1 Å². The zero-order chi connectivity index (χ0) is 8.10. The summed E-state index contributed by atoms with van der Waals surface area (Å²) >= 11 is 0. The van der Waals surface area contributed by atoms with E-state index >= 15 is 0 Å². The summed E-state index contributed by atoms with van der Waals surface area (Å²) in [4.78, 5) is 0. The van der Waals surface area contributed by atoms with Crippen LogP contribution in [0.5, 0.6) is 0 Å². The van der Waals surface area contributed by atoms with Crippen LogP contribution in [0, 0.1) is 5.92 Å². The third-order valence-corrected chi connectivity index (χ3v) is 2.47. The molecule has 0 heterocycles. The van der Waals surface area contributed by atoms with Gasteiger partial charge in [0, 0.05) is 0 Å². The topological polar surface area (TPSA) is 20.2 Å². The summed E-state index contributed by atoms with van der Waals surface area (Å²) in [7, 11) is 0. The molecule has 1 aliphatic rings. The summed E-state index contributed by atoms with van der Waals surface area (Å²) in [5, 5.41) is 8.94. The van der Waals surface area contributed by atoms with Crippen molar-refractivity contribution >= 4 is 0 Å². The molecule has 1 saturated carbocycles. The molecule has 1 fully saturated rings. The lowest BCUT2D eigenvalue weighted by atomic mass is 9.87. The van der Waals surface area contributed by atoms with E-state index in [-0.39, 0.29) is 0 Å². The molecule has 64 valence electrons. The average molecular weight is 154 g/mol. The SMILES string of the molecule is CC(O)=CCC1CCCCC1. The molecule has 11 heavy (non-hydrogen) atoms. The van der Waals surface area contributed by atoms with E-state index in [9.17, 15) is 0 Å². The molecule has 1 N–H and O–H groups in total. The third-order valence-electron chi connectivity index (χ3n) is 2.47. The molecular formula is C10H18O. The molecule has 0 spiro atoms. The van der Waals surface area contributed by atoms with E-state index < -0.39 is 0 Å². The summed E-state index contributed by atoms with van der Waals surface area (Å²) in [6, 6.07) is 0. The molecule has 0 aromatic heterocycles. The van der Waals surface area contributed by atoms with Gasteiger partial charge in [0.15, 0.2) is 0 Å². The molecule has 0 aromatic rings. The molecule has 0 bridgehead atoms. The molecule has 1 aliphatic carbocycles. The van der Waals surface area contributed by atoms with Crippen LogP contribution < -0.4 is 0 Å². The van der Waals surface area contributed by atoms with Crippen molar-refractivity contribution in [1.82, 2.24) is 0 Å². The molecule has 0 atom stereocenters. The van der Waals surface area contributed by atoms with Gasteiger partial charge in [-0.3, -0.25) is 0 Å². The van der Waals surface area contributed by atoms with Gasteiger partial charge in [-0.2, -0.15) is 0 Å². The van der Waals surface area contributed by atoms with Crippen molar-refractivity contribution in [3.63, 3.8) is 0 Å². The first-order chi connectivity index (χ1) is 5.29. The van der Waals surface area contributed by atoms with Crippen molar-refractivity contribution in [3.8, 4) is 0 Å². The summed E-state index contributed by atoms with van der Waals surface area (Å²) in [6.45, 7) is 1.75. The average Bonchev–Trinajstić information content (AvgIpc) is 2.03. The van der Waals surface area contributed by atoms with E-state index in [0.29, 0.717) is 5.76 Å². The van der Waals surface area contributed by atoms with E-state index in [1.54, 1.807) is 6.92 Å². The largest absolute Gasteiger partial charge is 0.513 e. The Morgan fingerprint density at radius 3 is 2.55 bits per heavy atom. The second-order valence-corrected chi connectivity index (χ2v) is 3.59. The van der Waals surface area contributed by atoms with Crippen LogP contribution in [-0.2, 0) is 0 Å². The smallest absolute Gasteiger partial charge is 0.0852 e. The van der Waals surface area contributed by atoms with Crippen LogP contribution in [0.25, 0.3) is 0 Å². The number of hydrogen-bond donors (Lipinski definition) is 1. The van der Waals surface area contributed by atoms with E-state index in [1.165, 1.54) is 32.1 Å². The van der Waals surface area contributed by atoms with Crippen LogP contribution in [-0.4, -0.2) is 5.11 Å². The van der Waals surface area contributed by atoms with Crippen LogP contribution in [0.1, 0.15) is 45.4 Å². The van der Waals surface area contributed by atoms with E-state index in [2.05, 4.69) is 0 Å². The minimum Gasteiger partial charge on any atom is -0.513 e. The van der Waals surface area contributed by atoms with Gasteiger partial charge in [-0.25, -0.2) is 0 Å². The molecule has 1 heteroatoms. The monoisotopic (exact) mass is 154 g/mol. The fourth-order valence-corrected chi connectivity index (χ4v) is 1.76. The van der Waals surface area contributed by atoms with Gasteiger partial charge in [-0.05, 0) is 25.3 Å². The summed E-state index contributed by atoms with van der Waals surface area (Å²) in [6.07, 6.45) is 9.97. The number of hydrogen-bond acceptors (Lipinski definition) is 1. The van der Waals surface area contributed by atoms with Crippen molar-refractivity contribution in [2.24, 2.45) is 5.92 Å². The summed E-state index contributed by atoms with van der Waals surface area (Å²) in [5.41, 5.74) is 0. The van der Waals surface area contributed by atoms with Gasteiger partial charge in [0.05, 0.1) is 5.76 Å². The molecule has 0 radical (unpaired) electrons. The Morgan fingerprint density at radius 2 is 2.00 bits per heavy atom. The van der Waals surface area contributed by atoms with E-state index in [0.717, 1.165) is 12.3 Å². The summed E-state index contributed by atoms with van der Waals surface area (Å²) in [5.74, 6) is 1.33. The maximum Gasteiger partial charge on any atom is 0.0852 e. The lowest BCUT2D eigenvalue weighted by Gasteiger charge is -2.19. The van der Waals surface area contributed by atoms with Gasteiger partial charge in [0.2, 0.25) is 0 Å². The Kier molecular flexibility index (Phi) is 3.47. The standard InChI is InChI=1S/C10H18O/c1-9(11)7-8-10-5-3-2-4-6-10/h7,10-11H,2-6,8H2,1H3.